The lowest BCUT2D eigenvalue weighted by molar-refractivity contribution is -0.128. The Hall–Kier alpha value is -3.49. The van der Waals surface area contributed by atoms with Crippen LogP contribution in [0.25, 0.3) is 5.78 Å². The quantitative estimate of drug-likeness (QED) is 0.558. The van der Waals surface area contributed by atoms with E-state index in [4.69, 9.17) is 0 Å². The Labute approximate surface area is 200 Å². The lowest BCUT2D eigenvalue weighted by Crippen LogP contribution is -2.52. The first kappa shape index (κ1) is 23.7. The van der Waals surface area contributed by atoms with Gasteiger partial charge in [0.1, 0.15) is 18.2 Å². The van der Waals surface area contributed by atoms with E-state index in [1.807, 2.05) is 25.1 Å². The van der Waals surface area contributed by atoms with Crippen LogP contribution in [0.4, 0.5) is 5.82 Å². The summed E-state index contributed by atoms with van der Waals surface area (Å²) in [6.07, 6.45) is 3.58. The molecule has 2 amide bonds. The summed E-state index contributed by atoms with van der Waals surface area (Å²) < 4.78 is 1.75. The molecule has 9 heteroatoms. The SMILES string of the molecule is CC(=O)NC(Cc1ccc(C(C)C)cc1)C(=O)NC1CCN(c2cc(C)nc3ncnn23)CC1. The van der Waals surface area contributed by atoms with E-state index in [0.29, 0.717) is 18.1 Å². The van der Waals surface area contributed by atoms with Crippen LogP contribution < -0.4 is 15.5 Å². The largest absolute Gasteiger partial charge is 0.356 e. The van der Waals surface area contributed by atoms with Crippen LogP contribution in [0.5, 0.6) is 0 Å². The second kappa shape index (κ2) is 10.2. The molecule has 0 aliphatic carbocycles. The Kier molecular flexibility index (Phi) is 7.09. The number of rotatable bonds is 7. The molecule has 180 valence electrons. The number of benzene rings is 1. The first-order chi connectivity index (χ1) is 16.3. The number of anilines is 1. The van der Waals surface area contributed by atoms with E-state index in [1.54, 1.807) is 4.52 Å². The van der Waals surface area contributed by atoms with Gasteiger partial charge in [0.2, 0.25) is 11.8 Å². The van der Waals surface area contributed by atoms with E-state index >= 15 is 0 Å². The summed E-state index contributed by atoms with van der Waals surface area (Å²) in [5.74, 6) is 1.65. The van der Waals surface area contributed by atoms with Crippen LogP contribution in [0.2, 0.25) is 0 Å². The number of hydrogen-bond acceptors (Lipinski definition) is 6. The Morgan fingerprint density at radius 1 is 1.15 bits per heavy atom. The smallest absolute Gasteiger partial charge is 0.254 e. The molecule has 1 aliphatic heterocycles. The Balaban J connectivity index is 1.37. The molecular formula is C25H33N7O2. The summed E-state index contributed by atoms with van der Waals surface area (Å²) >= 11 is 0. The minimum Gasteiger partial charge on any atom is -0.356 e. The van der Waals surface area contributed by atoms with Gasteiger partial charge in [-0.1, -0.05) is 38.1 Å². The number of carbonyl (C=O) groups is 2. The molecule has 1 unspecified atom stereocenters. The number of amides is 2. The number of hydrogen-bond donors (Lipinski definition) is 2. The molecular weight excluding hydrogens is 430 g/mol. The Morgan fingerprint density at radius 3 is 2.50 bits per heavy atom. The molecule has 0 radical (unpaired) electrons. The van der Waals surface area contributed by atoms with Gasteiger partial charge in [0.05, 0.1) is 0 Å². The molecule has 4 rings (SSSR count). The van der Waals surface area contributed by atoms with Gasteiger partial charge in [-0.25, -0.2) is 4.98 Å². The third kappa shape index (κ3) is 5.52. The molecule has 0 spiro atoms. The molecule has 1 aromatic carbocycles. The van der Waals surface area contributed by atoms with Gasteiger partial charge >= 0.3 is 0 Å². The normalized spacial score (nSPS) is 15.5. The number of aromatic nitrogens is 4. The van der Waals surface area contributed by atoms with Gasteiger partial charge in [0.15, 0.2) is 0 Å². The van der Waals surface area contributed by atoms with Crippen molar-refractivity contribution in [3.8, 4) is 0 Å². The van der Waals surface area contributed by atoms with Gasteiger partial charge in [-0.3, -0.25) is 9.59 Å². The fourth-order valence-corrected chi connectivity index (χ4v) is 4.42. The maximum absolute atomic E-state index is 13.1. The summed E-state index contributed by atoms with van der Waals surface area (Å²) in [6.45, 7) is 9.26. The summed E-state index contributed by atoms with van der Waals surface area (Å²) in [6, 6.07) is 9.72. The molecule has 3 heterocycles. The Bertz CT molecular complexity index is 1150. The van der Waals surface area contributed by atoms with Crippen molar-refractivity contribution < 1.29 is 9.59 Å². The molecule has 1 fully saturated rings. The molecule has 2 aromatic heterocycles. The van der Waals surface area contributed by atoms with Gasteiger partial charge in [0.25, 0.3) is 5.78 Å². The summed E-state index contributed by atoms with van der Waals surface area (Å²) in [5, 5.41) is 10.3. The number of piperidine rings is 1. The third-order valence-electron chi connectivity index (χ3n) is 6.31. The van der Waals surface area contributed by atoms with Crippen LogP contribution in [-0.2, 0) is 16.0 Å². The minimum atomic E-state index is -0.599. The fourth-order valence-electron chi connectivity index (χ4n) is 4.42. The summed E-state index contributed by atoms with van der Waals surface area (Å²) in [5.41, 5.74) is 3.17. The van der Waals surface area contributed by atoms with Crippen LogP contribution in [0.15, 0.2) is 36.7 Å². The van der Waals surface area contributed by atoms with Gasteiger partial charge in [-0.15, -0.1) is 0 Å². The molecule has 0 saturated carbocycles. The van der Waals surface area contributed by atoms with Gasteiger partial charge in [0, 0.05) is 44.2 Å². The van der Waals surface area contributed by atoms with E-state index in [0.717, 1.165) is 43.0 Å². The summed E-state index contributed by atoms with van der Waals surface area (Å²) in [7, 11) is 0. The zero-order chi connectivity index (χ0) is 24.2. The molecule has 34 heavy (non-hydrogen) atoms. The lowest BCUT2D eigenvalue weighted by Gasteiger charge is -2.34. The van der Waals surface area contributed by atoms with Gasteiger partial charge < -0.3 is 15.5 Å². The van der Waals surface area contributed by atoms with E-state index in [1.165, 1.54) is 18.8 Å². The average molecular weight is 464 g/mol. The second-order valence-corrected chi connectivity index (χ2v) is 9.35. The van der Waals surface area contributed by atoms with Gasteiger partial charge in [-0.05, 0) is 36.8 Å². The van der Waals surface area contributed by atoms with Crippen molar-refractivity contribution in [3.05, 3.63) is 53.5 Å². The molecule has 9 nitrogen and oxygen atoms in total. The molecule has 0 bridgehead atoms. The standard InChI is InChI=1S/C25H33N7O2/c1-16(2)20-7-5-19(6-8-20)14-22(29-18(4)33)24(34)30-21-9-11-31(12-10-21)23-13-17(3)28-25-26-15-27-32(23)25/h5-8,13,15-16,21-22H,9-12,14H2,1-4H3,(H,29,33)(H,30,34). The van der Waals surface area contributed by atoms with Crippen molar-refractivity contribution in [1.29, 1.82) is 0 Å². The third-order valence-corrected chi connectivity index (χ3v) is 6.31. The summed E-state index contributed by atoms with van der Waals surface area (Å²) in [4.78, 5) is 35.7. The van der Waals surface area contributed by atoms with E-state index < -0.39 is 6.04 Å². The molecule has 1 saturated heterocycles. The molecule has 1 atom stereocenters. The topological polar surface area (TPSA) is 105 Å². The fraction of sp³-hybridized carbons (Fsp3) is 0.480. The van der Waals surface area contributed by atoms with E-state index in [2.05, 4.69) is 56.6 Å². The zero-order valence-corrected chi connectivity index (χ0v) is 20.3. The maximum atomic E-state index is 13.1. The van der Waals surface area contributed by atoms with Crippen LogP contribution in [0.3, 0.4) is 0 Å². The highest BCUT2D eigenvalue weighted by molar-refractivity contribution is 5.87. The highest BCUT2D eigenvalue weighted by Gasteiger charge is 2.27. The monoisotopic (exact) mass is 463 g/mol. The van der Waals surface area contributed by atoms with Gasteiger partial charge in [-0.2, -0.15) is 14.6 Å². The predicted molar refractivity (Wildman–Crippen MR) is 131 cm³/mol. The highest BCUT2D eigenvalue weighted by atomic mass is 16.2. The van der Waals surface area contributed by atoms with Crippen molar-refractivity contribution in [2.45, 2.75) is 65.0 Å². The minimum absolute atomic E-state index is 0.0532. The van der Waals surface area contributed by atoms with E-state index in [-0.39, 0.29) is 17.9 Å². The van der Waals surface area contributed by atoms with Crippen LogP contribution in [0.1, 0.15) is 56.4 Å². The van der Waals surface area contributed by atoms with Crippen LogP contribution >= 0.6 is 0 Å². The van der Waals surface area contributed by atoms with Crippen molar-refractivity contribution >= 4 is 23.4 Å². The molecule has 2 N–H and O–H groups in total. The first-order valence-corrected chi connectivity index (χ1v) is 11.9. The molecule has 1 aliphatic rings. The number of nitrogens with zero attached hydrogens (tertiary/aromatic N) is 5. The Morgan fingerprint density at radius 2 is 1.85 bits per heavy atom. The van der Waals surface area contributed by atoms with Crippen molar-refractivity contribution in [3.63, 3.8) is 0 Å². The number of carbonyl (C=O) groups excluding carboxylic acids is 2. The zero-order valence-electron chi connectivity index (χ0n) is 20.3. The maximum Gasteiger partial charge on any atom is 0.254 e. The number of nitrogens with one attached hydrogen (secondary N) is 2. The number of fused-ring (bicyclic) bond motifs is 1. The average Bonchev–Trinajstić information content (AvgIpc) is 3.27. The van der Waals surface area contributed by atoms with Crippen LogP contribution in [-0.4, -0.2) is 56.6 Å². The first-order valence-electron chi connectivity index (χ1n) is 11.9. The number of aryl methyl sites for hydroxylation is 1. The highest BCUT2D eigenvalue weighted by Crippen LogP contribution is 2.21. The van der Waals surface area contributed by atoms with Crippen molar-refractivity contribution in [1.82, 2.24) is 30.2 Å². The lowest BCUT2D eigenvalue weighted by atomic mass is 9.98. The van der Waals surface area contributed by atoms with Crippen molar-refractivity contribution in [2.75, 3.05) is 18.0 Å². The molecule has 3 aromatic rings. The van der Waals surface area contributed by atoms with E-state index in [9.17, 15) is 9.59 Å². The van der Waals surface area contributed by atoms with Crippen LogP contribution in [0, 0.1) is 6.92 Å². The second-order valence-electron chi connectivity index (χ2n) is 9.35. The van der Waals surface area contributed by atoms with Crippen molar-refractivity contribution in [2.24, 2.45) is 0 Å². The predicted octanol–water partition coefficient (Wildman–Crippen LogP) is 2.39.